The normalized spacial score (nSPS) is 17.6. The van der Waals surface area contributed by atoms with Gasteiger partial charge in [0.15, 0.2) is 5.78 Å². The number of carbonyl (C=O) groups is 1. The van der Waals surface area contributed by atoms with Gasteiger partial charge in [-0.2, -0.15) is 0 Å². The summed E-state index contributed by atoms with van der Waals surface area (Å²) in [4.78, 5) is 13.6. The maximum atomic E-state index is 13.6. The van der Waals surface area contributed by atoms with E-state index in [4.69, 9.17) is 0 Å². The van der Waals surface area contributed by atoms with Gasteiger partial charge in [0.05, 0.1) is 16.6 Å². The van der Waals surface area contributed by atoms with Crippen LogP contribution in [0, 0.1) is 5.92 Å². The van der Waals surface area contributed by atoms with Gasteiger partial charge >= 0.3 is 0 Å². The van der Waals surface area contributed by atoms with Gasteiger partial charge in [-0.1, -0.05) is 66.7 Å². The molecule has 4 aromatic rings. The average Bonchev–Trinajstić information content (AvgIpc) is 3.02. The zero-order valence-corrected chi connectivity index (χ0v) is 20.2. The minimum Gasteiger partial charge on any atom is -0.338 e. The number of hydrogen-bond acceptors (Lipinski definition) is 3. The lowest BCUT2D eigenvalue weighted by Gasteiger charge is -2.27. The SMILES string of the molecule is Cl.Cn1c2c(c3ccccc31)C(=O)C(CNC1c3ccccc3CCc3ccccc31)CS2. The fraction of sp³-hybridized carbons (Fsp3) is 0.250. The fourth-order valence-corrected chi connectivity index (χ4v) is 6.67. The first-order chi connectivity index (χ1) is 15.7. The summed E-state index contributed by atoms with van der Waals surface area (Å²) in [5, 5.41) is 6.01. The van der Waals surface area contributed by atoms with E-state index in [1.807, 2.05) is 23.9 Å². The van der Waals surface area contributed by atoms with E-state index in [0.717, 1.165) is 40.1 Å². The van der Waals surface area contributed by atoms with Crippen LogP contribution in [0.2, 0.25) is 0 Å². The molecule has 0 radical (unpaired) electrons. The van der Waals surface area contributed by atoms with Crippen molar-refractivity contribution in [3.63, 3.8) is 0 Å². The van der Waals surface area contributed by atoms with Crippen molar-refractivity contribution in [1.82, 2.24) is 9.88 Å². The molecule has 1 atom stereocenters. The number of para-hydroxylation sites is 1. The summed E-state index contributed by atoms with van der Waals surface area (Å²) >= 11 is 1.82. The van der Waals surface area contributed by atoms with Crippen molar-refractivity contribution in [3.05, 3.63) is 101 Å². The Morgan fingerprint density at radius 2 is 1.52 bits per heavy atom. The highest BCUT2D eigenvalue weighted by atomic mass is 35.5. The number of aromatic nitrogens is 1. The van der Waals surface area contributed by atoms with Crippen molar-refractivity contribution in [1.29, 1.82) is 0 Å². The lowest BCUT2D eigenvalue weighted by atomic mass is 9.93. The average molecular weight is 475 g/mol. The molecule has 0 spiro atoms. The zero-order chi connectivity index (χ0) is 21.7. The van der Waals surface area contributed by atoms with Crippen LogP contribution in [-0.4, -0.2) is 22.6 Å². The van der Waals surface area contributed by atoms with Crippen molar-refractivity contribution in [2.24, 2.45) is 13.0 Å². The molecule has 6 rings (SSSR count). The van der Waals surface area contributed by atoms with E-state index in [1.54, 1.807) is 0 Å². The molecule has 3 aromatic carbocycles. The Kier molecular flexibility index (Phi) is 6.09. The van der Waals surface area contributed by atoms with E-state index >= 15 is 0 Å². The Morgan fingerprint density at radius 1 is 0.909 bits per heavy atom. The number of nitrogens with zero attached hydrogens (tertiary/aromatic N) is 1. The molecule has 33 heavy (non-hydrogen) atoms. The van der Waals surface area contributed by atoms with Gasteiger partial charge in [0, 0.05) is 36.2 Å². The molecule has 1 aliphatic carbocycles. The molecule has 0 saturated carbocycles. The van der Waals surface area contributed by atoms with Crippen LogP contribution >= 0.6 is 24.2 Å². The second-order valence-electron chi connectivity index (χ2n) is 8.87. The molecule has 0 saturated heterocycles. The Balaban J connectivity index is 0.00000228. The molecule has 1 aromatic heterocycles. The minimum absolute atomic E-state index is 0. The monoisotopic (exact) mass is 474 g/mol. The van der Waals surface area contributed by atoms with Gasteiger partial charge in [-0.25, -0.2) is 0 Å². The number of aryl methyl sites for hydroxylation is 3. The van der Waals surface area contributed by atoms with Gasteiger partial charge in [0.2, 0.25) is 0 Å². The van der Waals surface area contributed by atoms with Crippen molar-refractivity contribution in [2.75, 3.05) is 12.3 Å². The quantitative estimate of drug-likeness (QED) is 0.396. The van der Waals surface area contributed by atoms with E-state index in [1.165, 1.54) is 22.3 Å². The lowest BCUT2D eigenvalue weighted by Crippen LogP contribution is -2.35. The number of halogens is 1. The zero-order valence-electron chi connectivity index (χ0n) is 18.6. The molecular weight excluding hydrogens is 448 g/mol. The number of hydrogen-bond donors (Lipinski definition) is 1. The Morgan fingerprint density at radius 3 is 2.21 bits per heavy atom. The third kappa shape index (κ3) is 3.71. The Labute approximate surface area is 205 Å². The maximum absolute atomic E-state index is 13.6. The van der Waals surface area contributed by atoms with Crippen LogP contribution in [0.3, 0.4) is 0 Å². The van der Waals surface area contributed by atoms with E-state index < -0.39 is 0 Å². The molecular formula is C28H27ClN2OS. The molecule has 5 heteroatoms. The number of thioether (sulfide) groups is 1. The van der Waals surface area contributed by atoms with Crippen LogP contribution in [0.5, 0.6) is 0 Å². The number of benzene rings is 3. The first-order valence-corrected chi connectivity index (χ1v) is 12.3. The fourth-order valence-electron chi connectivity index (χ4n) is 5.39. The largest absolute Gasteiger partial charge is 0.338 e. The number of ketones is 1. The van der Waals surface area contributed by atoms with Crippen LogP contribution in [0.25, 0.3) is 10.9 Å². The molecule has 2 aliphatic rings. The number of fused-ring (bicyclic) bond motifs is 5. The first kappa shape index (κ1) is 22.3. The Hall–Kier alpha value is -2.53. The van der Waals surface area contributed by atoms with Crippen molar-refractivity contribution in [3.8, 4) is 0 Å². The molecule has 1 N–H and O–H groups in total. The topological polar surface area (TPSA) is 34.0 Å². The highest BCUT2D eigenvalue weighted by Crippen LogP contribution is 2.40. The third-order valence-corrected chi connectivity index (χ3v) is 8.38. The second kappa shape index (κ2) is 9.02. The van der Waals surface area contributed by atoms with Crippen LogP contribution in [0.1, 0.15) is 38.7 Å². The van der Waals surface area contributed by atoms with Crippen LogP contribution in [0.15, 0.2) is 77.8 Å². The summed E-state index contributed by atoms with van der Waals surface area (Å²) in [6.45, 7) is 0.682. The molecule has 1 unspecified atom stereocenters. The van der Waals surface area contributed by atoms with Gasteiger partial charge in [-0.05, 0) is 41.2 Å². The summed E-state index contributed by atoms with van der Waals surface area (Å²) in [7, 11) is 2.07. The lowest BCUT2D eigenvalue weighted by molar-refractivity contribution is 0.0925. The standard InChI is InChI=1S/C28H26N2OS.ClH/c1-30-24-13-7-6-12-23(24)25-27(31)20(17-32-28(25)30)16-29-26-21-10-4-2-8-18(21)14-15-19-9-3-5-11-22(19)26;/h2-13,20,26,29H,14-17H2,1H3;1H. The van der Waals surface area contributed by atoms with Gasteiger partial charge < -0.3 is 9.88 Å². The van der Waals surface area contributed by atoms with Crippen molar-refractivity contribution in [2.45, 2.75) is 23.9 Å². The van der Waals surface area contributed by atoms with E-state index in [0.29, 0.717) is 6.54 Å². The Bertz CT molecular complexity index is 1300. The first-order valence-electron chi connectivity index (χ1n) is 11.4. The predicted octanol–water partition coefficient (Wildman–Crippen LogP) is 5.98. The van der Waals surface area contributed by atoms with Gasteiger partial charge in [0.1, 0.15) is 0 Å². The van der Waals surface area contributed by atoms with Crippen LogP contribution < -0.4 is 5.32 Å². The molecule has 0 bridgehead atoms. The summed E-state index contributed by atoms with van der Waals surface area (Å²) < 4.78 is 2.18. The van der Waals surface area contributed by atoms with Crippen LogP contribution in [-0.2, 0) is 19.9 Å². The summed E-state index contributed by atoms with van der Waals surface area (Å²) in [6.07, 6.45) is 2.12. The highest BCUT2D eigenvalue weighted by Gasteiger charge is 2.33. The molecule has 2 heterocycles. The number of nitrogens with one attached hydrogen (secondary N) is 1. The molecule has 1 aliphatic heterocycles. The van der Waals surface area contributed by atoms with Gasteiger partial charge in [0.25, 0.3) is 0 Å². The molecule has 0 fully saturated rings. The summed E-state index contributed by atoms with van der Waals surface area (Å²) in [5.74, 6) is 1.07. The molecule has 0 amide bonds. The van der Waals surface area contributed by atoms with E-state index in [2.05, 4.69) is 77.6 Å². The third-order valence-electron chi connectivity index (χ3n) is 7.06. The number of carbonyl (C=O) groups excluding carboxylic acids is 1. The molecule has 168 valence electrons. The highest BCUT2D eigenvalue weighted by molar-refractivity contribution is 7.99. The maximum Gasteiger partial charge on any atom is 0.171 e. The molecule has 3 nitrogen and oxygen atoms in total. The summed E-state index contributed by atoms with van der Waals surface area (Å²) in [6, 6.07) is 25.9. The number of Topliss-reactive ketones (excluding diaryl/α,β-unsaturated/α-hetero) is 1. The summed E-state index contributed by atoms with van der Waals surface area (Å²) in [5.41, 5.74) is 7.55. The second-order valence-corrected chi connectivity index (χ2v) is 9.88. The van der Waals surface area contributed by atoms with E-state index in [-0.39, 0.29) is 30.2 Å². The number of rotatable bonds is 3. The van der Waals surface area contributed by atoms with Gasteiger partial charge in [-0.15, -0.1) is 24.2 Å². The van der Waals surface area contributed by atoms with Crippen molar-refractivity contribution >= 4 is 40.9 Å². The smallest absolute Gasteiger partial charge is 0.171 e. The predicted molar refractivity (Wildman–Crippen MR) is 139 cm³/mol. The minimum atomic E-state index is -0.0270. The van der Waals surface area contributed by atoms with Gasteiger partial charge in [-0.3, -0.25) is 4.79 Å². The van der Waals surface area contributed by atoms with Crippen LogP contribution in [0.4, 0.5) is 0 Å². The van der Waals surface area contributed by atoms with Crippen molar-refractivity contribution < 1.29 is 4.79 Å². The van der Waals surface area contributed by atoms with E-state index in [9.17, 15) is 4.79 Å².